The molecule has 1 fully saturated rings. The number of benzene rings is 4. The zero-order valence-corrected chi connectivity index (χ0v) is 20.9. The van der Waals surface area contributed by atoms with Gasteiger partial charge in [-0.2, -0.15) is 0 Å². The zero-order valence-electron chi connectivity index (χ0n) is 20.1. The van der Waals surface area contributed by atoms with Gasteiger partial charge in [0.25, 0.3) is 0 Å². The number of methoxy groups -OCH3 is 1. The van der Waals surface area contributed by atoms with Crippen LogP contribution in [0.3, 0.4) is 0 Å². The molecule has 1 aliphatic rings. The Hall–Kier alpha value is -2.99. The highest BCUT2D eigenvalue weighted by Crippen LogP contribution is 2.28. The van der Waals surface area contributed by atoms with E-state index in [1.54, 1.807) is 19.2 Å². The van der Waals surface area contributed by atoms with Gasteiger partial charge in [0.2, 0.25) is 0 Å². The topological polar surface area (TPSA) is 46.6 Å². The molecule has 0 saturated carbocycles. The van der Waals surface area contributed by atoms with Gasteiger partial charge in [-0.15, -0.1) is 0 Å². The Kier molecular flexibility index (Phi) is 7.00. The van der Waals surface area contributed by atoms with E-state index < -0.39 is 9.84 Å². The highest BCUT2D eigenvalue weighted by molar-refractivity contribution is 7.92. The molecule has 0 N–H and O–H groups in total. The molecule has 0 amide bonds. The highest BCUT2D eigenvalue weighted by atomic mass is 32.2. The molecule has 0 aromatic heterocycles. The first kappa shape index (κ1) is 23.7. The molecule has 35 heavy (non-hydrogen) atoms. The lowest BCUT2D eigenvalue weighted by molar-refractivity contribution is 0.185. The van der Waals surface area contributed by atoms with Crippen molar-refractivity contribution in [3.8, 4) is 11.1 Å². The second-order valence-corrected chi connectivity index (χ2v) is 11.6. The summed E-state index contributed by atoms with van der Waals surface area (Å²) in [5.74, 6) is 0. The lowest BCUT2D eigenvalue weighted by atomic mass is 10.0. The third-order valence-corrected chi connectivity index (χ3v) is 9.25. The number of piperidine rings is 1. The predicted molar refractivity (Wildman–Crippen MR) is 142 cm³/mol. The first-order valence-electron chi connectivity index (χ1n) is 12.2. The normalized spacial score (nSPS) is 15.5. The fraction of sp³-hybridized carbons (Fsp3) is 0.267. The van der Waals surface area contributed by atoms with Crippen LogP contribution in [0.5, 0.6) is 0 Å². The quantitative estimate of drug-likeness (QED) is 0.318. The lowest BCUT2D eigenvalue weighted by Gasteiger charge is -2.31. The molecule has 0 atom stereocenters. The van der Waals surface area contributed by atoms with Crippen molar-refractivity contribution in [2.24, 2.45) is 0 Å². The van der Waals surface area contributed by atoms with Crippen molar-refractivity contribution in [3.63, 3.8) is 0 Å². The van der Waals surface area contributed by atoms with Crippen molar-refractivity contribution in [3.05, 3.63) is 102 Å². The van der Waals surface area contributed by atoms with E-state index in [0.717, 1.165) is 36.3 Å². The van der Waals surface area contributed by atoms with Crippen molar-refractivity contribution in [2.75, 3.05) is 20.2 Å². The summed E-state index contributed by atoms with van der Waals surface area (Å²) in [7, 11) is -1.66. The second-order valence-electron chi connectivity index (χ2n) is 9.36. The van der Waals surface area contributed by atoms with Crippen LogP contribution in [0.4, 0.5) is 0 Å². The number of fused-ring (bicyclic) bond motifs is 1. The summed E-state index contributed by atoms with van der Waals surface area (Å²) < 4.78 is 31.8. The molecule has 1 aliphatic heterocycles. The molecule has 0 aliphatic carbocycles. The summed E-state index contributed by atoms with van der Waals surface area (Å²) in [5.41, 5.74) is 4.46. The van der Waals surface area contributed by atoms with Crippen molar-refractivity contribution in [1.82, 2.24) is 4.90 Å². The maximum atomic E-state index is 13.3. The fourth-order valence-corrected chi connectivity index (χ4v) is 6.69. The standard InChI is InChI=1S/C30H31NO3S/c1-34-22-23-6-9-26(10-7-23)27-12-14-29(15-13-27)35(32,33)30-16-18-31(19-17-30)21-24-8-11-25-4-2-3-5-28(25)20-24/h2-15,20,30H,16-19,21-22H2,1H3. The molecule has 0 unspecified atom stereocenters. The minimum absolute atomic E-state index is 0.325. The minimum Gasteiger partial charge on any atom is -0.380 e. The monoisotopic (exact) mass is 485 g/mol. The maximum Gasteiger partial charge on any atom is 0.181 e. The number of sulfone groups is 1. The van der Waals surface area contributed by atoms with Crippen LogP contribution in [0.15, 0.2) is 95.9 Å². The Bertz CT molecular complexity index is 1390. The van der Waals surface area contributed by atoms with Crippen molar-refractivity contribution < 1.29 is 13.2 Å². The molecule has 5 rings (SSSR count). The van der Waals surface area contributed by atoms with Crippen LogP contribution in [-0.2, 0) is 27.7 Å². The third kappa shape index (κ3) is 5.32. The van der Waals surface area contributed by atoms with E-state index in [9.17, 15) is 8.42 Å². The van der Waals surface area contributed by atoms with Gasteiger partial charge < -0.3 is 4.74 Å². The first-order valence-corrected chi connectivity index (χ1v) is 13.7. The predicted octanol–water partition coefficient (Wildman–Crippen LogP) is 6.09. The first-order chi connectivity index (χ1) is 17.0. The van der Waals surface area contributed by atoms with Gasteiger partial charge in [-0.05, 0) is 77.2 Å². The molecular weight excluding hydrogens is 454 g/mol. The van der Waals surface area contributed by atoms with Gasteiger partial charge in [0.05, 0.1) is 16.8 Å². The SMILES string of the molecule is COCc1ccc(-c2ccc(S(=O)(=O)C3CCN(Cc4ccc5ccccc5c4)CC3)cc2)cc1. The molecule has 4 aromatic rings. The maximum absolute atomic E-state index is 13.3. The van der Waals surface area contributed by atoms with Crippen LogP contribution in [0, 0.1) is 0 Å². The number of rotatable bonds is 7. The Morgan fingerprint density at radius 3 is 2.03 bits per heavy atom. The van der Waals surface area contributed by atoms with Crippen molar-refractivity contribution >= 4 is 20.6 Å². The van der Waals surface area contributed by atoms with Gasteiger partial charge in [-0.25, -0.2) is 8.42 Å². The van der Waals surface area contributed by atoms with Gasteiger partial charge in [-0.1, -0.05) is 72.8 Å². The van der Waals surface area contributed by atoms with E-state index in [0.29, 0.717) is 24.3 Å². The summed E-state index contributed by atoms with van der Waals surface area (Å²) >= 11 is 0. The average molecular weight is 486 g/mol. The highest BCUT2D eigenvalue weighted by Gasteiger charge is 2.31. The summed E-state index contributed by atoms with van der Waals surface area (Å²) in [4.78, 5) is 2.79. The lowest BCUT2D eigenvalue weighted by Crippen LogP contribution is -2.38. The van der Waals surface area contributed by atoms with Gasteiger partial charge >= 0.3 is 0 Å². The molecular formula is C30H31NO3S. The molecule has 5 heteroatoms. The Morgan fingerprint density at radius 1 is 0.771 bits per heavy atom. The van der Waals surface area contributed by atoms with E-state index >= 15 is 0 Å². The molecule has 1 saturated heterocycles. The summed E-state index contributed by atoms with van der Waals surface area (Å²) in [5, 5.41) is 2.17. The van der Waals surface area contributed by atoms with Crippen molar-refractivity contribution in [2.45, 2.75) is 36.1 Å². The Balaban J connectivity index is 1.21. The van der Waals surface area contributed by atoms with Gasteiger partial charge in [0, 0.05) is 13.7 Å². The fourth-order valence-electron chi connectivity index (χ4n) is 4.96. The average Bonchev–Trinajstić information content (AvgIpc) is 2.90. The zero-order chi connectivity index (χ0) is 24.3. The Labute approximate surface area is 208 Å². The van der Waals surface area contributed by atoms with Crippen LogP contribution >= 0.6 is 0 Å². The number of nitrogens with zero attached hydrogens (tertiary/aromatic N) is 1. The van der Waals surface area contributed by atoms with Gasteiger partial charge in [-0.3, -0.25) is 4.90 Å². The summed E-state index contributed by atoms with van der Waals surface area (Å²) in [6.45, 7) is 3.03. The minimum atomic E-state index is -3.34. The van der Waals surface area contributed by atoms with Crippen LogP contribution in [0.25, 0.3) is 21.9 Å². The van der Waals surface area contributed by atoms with E-state index in [-0.39, 0.29) is 5.25 Å². The van der Waals surface area contributed by atoms with E-state index in [1.165, 1.54) is 16.3 Å². The van der Waals surface area contributed by atoms with E-state index in [1.807, 2.05) is 36.4 Å². The second kappa shape index (κ2) is 10.3. The number of ether oxygens (including phenoxy) is 1. The molecule has 1 heterocycles. The molecule has 0 bridgehead atoms. The summed E-state index contributed by atoms with van der Waals surface area (Å²) in [6.07, 6.45) is 1.33. The van der Waals surface area contributed by atoms with E-state index in [4.69, 9.17) is 4.74 Å². The van der Waals surface area contributed by atoms with Crippen LogP contribution in [-0.4, -0.2) is 38.8 Å². The summed E-state index contributed by atoms with van der Waals surface area (Å²) in [6, 6.07) is 30.5. The van der Waals surface area contributed by atoms with Crippen LogP contribution in [0.1, 0.15) is 24.0 Å². The van der Waals surface area contributed by atoms with Gasteiger partial charge in [0.15, 0.2) is 9.84 Å². The van der Waals surface area contributed by atoms with Gasteiger partial charge in [0.1, 0.15) is 0 Å². The van der Waals surface area contributed by atoms with E-state index in [2.05, 4.69) is 47.4 Å². The third-order valence-electron chi connectivity index (χ3n) is 6.97. The van der Waals surface area contributed by atoms with Crippen LogP contribution < -0.4 is 0 Å². The molecule has 4 aromatic carbocycles. The Morgan fingerprint density at radius 2 is 1.37 bits per heavy atom. The molecule has 180 valence electrons. The number of likely N-dealkylation sites (tertiary alicyclic amines) is 1. The number of hydrogen-bond donors (Lipinski definition) is 0. The smallest absolute Gasteiger partial charge is 0.181 e. The number of hydrogen-bond acceptors (Lipinski definition) is 4. The van der Waals surface area contributed by atoms with Crippen LogP contribution in [0.2, 0.25) is 0 Å². The largest absolute Gasteiger partial charge is 0.380 e. The molecule has 4 nitrogen and oxygen atoms in total. The molecule has 0 radical (unpaired) electrons. The van der Waals surface area contributed by atoms with Crippen molar-refractivity contribution in [1.29, 1.82) is 0 Å². The molecule has 0 spiro atoms.